The van der Waals surface area contributed by atoms with Gasteiger partial charge in [-0.3, -0.25) is 0 Å². The SMILES string of the molecule is CC1(C)CCC2CCC1(C)C2. The first kappa shape index (κ1) is 7.64. The van der Waals surface area contributed by atoms with Crippen LogP contribution in [0.25, 0.3) is 0 Å². The molecule has 0 heterocycles. The molecule has 0 amide bonds. The highest BCUT2D eigenvalue weighted by molar-refractivity contribution is 4.99. The van der Waals surface area contributed by atoms with Gasteiger partial charge in [-0.2, -0.15) is 0 Å². The Bertz CT molecular complexity index is 169. The van der Waals surface area contributed by atoms with Gasteiger partial charge in [-0.05, 0) is 48.9 Å². The third-order valence-electron chi connectivity index (χ3n) is 4.66. The predicted molar refractivity (Wildman–Crippen MR) is 48.5 cm³/mol. The Labute approximate surface area is 70.4 Å². The van der Waals surface area contributed by atoms with Crippen LogP contribution in [0.1, 0.15) is 52.9 Å². The highest BCUT2D eigenvalue weighted by atomic mass is 14.5. The second kappa shape index (κ2) is 2.02. The number of hydrogen-bond acceptors (Lipinski definition) is 0. The summed E-state index contributed by atoms with van der Waals surface area (Å²) in [7, 11) is 0. The topological polar surface area (TPSA) is 0 Å². The lowest BCUT2D eigenvalue weighted by molar-refractivity contribution is 0.0489. The molecule has 0 heteroatoms. The van der Waals surface area contributed by atoms with Crippen LogP contribution in [0.4, 0.5) is 0 Å². The summed E-state index contributed by atoms with van der Waals surface area (Å²) in [6.07, 6.45) is 7.49. The first-order valence-corrected chi connectivity index (χ1v) is 5.04. The largest absolute Gasteiger partial charge is 0.0594 e. The fourth-order valence-electron chi connectivity index (χ4n) is 3.09. The van der Waals surface area contributed by atoms with Crippen molar-refractivity contribution in [3.63, 3.8) is 0 Å². The van der Waals surface area contributed by atoms with Crippen LogP contribution >= 0.6 is 0 Å². The molecule has 11 heavy (non-hydrogen) atoms. The van der Waals surface area contributed by atoms with Gasteiger partial charge in [-0.15, -0.1) is 0 Å². The molecule has 0 spiro atoms. The van der Waals surface area contributed by atoms with E-state index in [0.29, 0.717) is 10.8 Å². The monoisotopic (exact) mass is 152 g/mol. The zero-order valence-electron chi connectivity index (χ0n) is 8.11. The maximum absolute atomic E-state index is 2.51. The van der Waals surface area contributed by atoms with Crippen molar-refractivity contribution in [1.29, 1.82) is 0 Å². The van der Waals surface area contributed by atoms with E-state index in [1.807, 2.05) is 0 Å². The van der Waals surface area contributed by atoms with Crippen LogP contribution < -0.4 is 0 Å². The van der Waals surface area contributed by atoms with Crippen molar-refractivity contribution in [1.82, 2.24) is 0 Å². The van der Waals surface area contributed by atoms with Crippen molar-refractivity contribution >= 4 is 0 Å². The van der Waals surface area contributed by atoms with Crippen molar-refractivity contribution in [3.05, 3.63) is 0 Å². The Morgan fingerprint density at radius 2 is 1.64 bits per heavy atom. The Hall–Kier alpha value is 0. The molecule has 2 rings (SSSR count). The molecule has 0 aromatic heterocycles. The number of hydrogen-bond donors (Lipinski definition) is 0. The minimum atomic E-state index is 0.625. The van der Waals surface area contributed by atoms with Gasteiger partial charge in [0.05, 0.1) is 0 Å². The third-order valence-corrected chi connectivity index (χ3v) is 4.66. The third kappa shape index (κ3) is 0.947. The summed E-state index contributed by atoms with van der Waals surface area (Å²) in [6.45, 7) is 7.44. The van der Waals surface area contributed by atoms with E-state index in [4.69, 9.17) is 0 Å². The lowest BCUT2D eigenvalue weighted by atomic mass is 9.60. The van der Waals surface area contributed by atoms with Crippen LogP contribution in [-0.2, 0) is 0 Å². The Morgan fingerprint density at radius 3 is 2.27 bits per heavy atom. The molecule has 2 atom stereocenters. The lowest BCUT2D eigenvalue weighted by Gasteiger charge is -2.45. The van der Waals surface area contributed by atoms with E-state index < -0.39 is 0 Å². The summed E-state index contributed by atoms with van der Waals surface area (Å²) in [6, 6.07) is 0. The zero-order chi connectivity index (χ0) is 8.11. The first-order chi connectivity index (χ1) is 5.04. The Morgan fingerprint density at radius 1 is 1.00 bits per heavy atom. The van der Waals surface area contributed by atoms with Crippen molar-refractivity contribution in [2.45, 2.75) is 52.9 Å². The van der Waals surface area contributed by atoms with Crippen LogP contribution in [0.2, 0.25) is 0 Å². The zero-order valence-corrected chi connectivity index (χ0v) is 8.11. The molecule has 2 saturated carbocycles. The van der Waals surface area contributed by atoms with Crippen LogP contribution in [0.3, 0.4) is 0 Å². The summed E-state index contributed by atoms with van der Waals surface area (Å²) < 4.78 is 0. The fourth-order valence-corrected chi connectivity index (χ4v) is 3.09. The van der Waals surface area contributed by atoms with Gasteiger partial charge < -0.3 is 0 Å². The van der Waals surface area contributed by atoms with Gasteiger partial charge in [0, 0.05) is 0 Å². The van der Waals surface area contributed by atoms with E-state index in [9.17, 15) is 0 Å². The van der Waals surface area contributed by atoms with Gasteiger partial charge >= 0.3 is 0 Å². The molecular formula is C11H20. The van der Waals surface area contributed by atoms with E-state index in [2.05, 4.69) is 20.8 Å². The molecule has 0 nitrogen and oxygen atoms in total. The first-order valence-electron chi connectivity index (χ1n) is 5.04. The second-order valence-electron chi connectivity index (χ2n) is 5.59. The summed E-state index contributed by atoms with van der Waals surface area (Å²) >= 11 is 0. The average molecular weight is 152 g/mol. The van der Waals surface area contributed by atoms with Gasteiger partial charge in [0.15, 0.2) is 0 Å². The predicted octanol–water partition coefficient (Wildman–Crippen LogP) is 3.61. The molecule has 0 N–H and O–H groups in total. The minimum absolute atomic E-state index is 0.625. The molecule has 0 aromatic carbocycles. The molecular weight excluding hydrogens is 132 g/mol. The van der Waals surface area contributed by atoms with Crippen LogP contribution in [-0.4, -0.2) is 0 Å². The van der Waals surface area contributed by atoms with Gasteiger partial charge in [-0.25, -0.2) is 0 Å². The quantitative estimate of drug-likeness (QED) is 0.497. The molecule has 0 aliphatic heterocycles. The van der Waals surface area contributed by atoms with Crippen molar-refractivity contribution in [2.24, 2.45) is 16.7 Å². The Balaban J connectivity index is 2.27. The van der Waals surface area contributed by atoms with Crippen LogP contribution in [0.5, 0.6) is 0 Å². The van der Waals surface area contributed by atoms with E-state index in [0.717, 1.165) is 5.92 Å². The van der Waals surface area contributed by atoms with Gasteiger partial charge in [0.2, 0.25) is 0 Å². The van der Waals surface area contributed by atoms with E-state index >= 15 is 0 Å². The molecule has 0 saturated heterocycles. The van der Waals surface area contributed by atoms with Gasteiger partial charge in [-0.1, -0.05) is 20.8 Å². The van der Waals surface area contributed by atoms with E-state index in [-0.39, 0.29) is 0 Å². The lowest BCUT2D eigenvalue weighted by Crippen LogP contribution is -2.35. The normalized spacial score (nSPS) is 47.7. The highest BCUT2D eigenvalue weighted by Crippen LogP contribution is 2.60. The molecule has 2 fully saturated rings. The standard InChI is InChI=1S/C11H20/c1-10(2)6-4-9-5-7-11(10,3)8-9/h9H,4-8H2,1-3H3. The molecule has 2 aliphatic carbocycles. The number of rotatable bonds is 0. The van der Waals surface area contributed by atoms with Crippen LogP contribution in [0, 0.1) is 16.7 Å². The van der Waals surface area contributed by atoms with E-state index in [1.165, 1.54) is 32.1 Å². The summed E-state index contributed by atoms with van der Waals surface area (Å²) in [5.74, 6) is 1.09. The fraction of sp³-hybridized carbons (Fsp3) is 1.00. The number of fused-ring (bicyclic) bond motifs is 2. The van der Waals surface area contributed by atoms with Crippen molar-refractivity contribution in [3.8, 4) is 0 Å². The molecule has 2 bridgehead atoms. The smallest absolute Gasteiger partial charge is 0.0272 e. The van der Waals surface area contributed by atoms with Gasteiger partial charge in [0.25, 0.3) is 0 Å². The van der Waals surface area contributed by atoms with Crippen molar-refractivity contribution in [2.75, 3.05) is 0 Å². The van der Waals surface area contributed by atoms with Crippen molar-refractivity contribution < 1.29 is 0 Å². The summed E-state index contributed by atoms with van der Waals surface area (Å²) in [4.78, 5) is 0. The van der Waals surface area contributed by atoms with E-state index in [1.54, 1.807) is 0 Å². The molecule has 0 radical (unpaired) electrons. The van der Waals surface area contributed by atoms with Crippen LogP contribution in [0.15, 0.2) is 0 Å². The molecule has 0 aromatic rings. The summed E-state index contributed by atoms with van der Waals surface area (Å²) in [5, 5.41) is 0. The second-order valence-corrected chi connectivity index (χ2v) is 5.59. The molecule has 2 aliphatic rings. The minimum Gasteiger partial charge on any atom is -0.0594 e. The Kier molecular flexibility index (Phi) is 1.41. The molecule has 64 valence electrons. The highest BCUT2D eigenvalue weighted by Gasteiger charge is 2.49. The maximum atomic E-state index is 2.51. The average Bonchev–Trinajstić information content (AvgIpc) is 2.25. The molecule has 2 unspecified atom stereocenters. The summed E-state index contributed by atoms with van der Waals surface area (Å²) in [5.41, 5.74) is 1.32. The maximum Gasteiger partial charge on any atom is -0.0272 e. The van der Waals surface area contributed by atoms with Gasteiger partial charge in [0.1, 0.15) is 0 Å².